The zero-order valence-corrected chi connectivity index (χ0v) is 14.8. The van der Waals surface area contributed by atoms with Gasteiger partial charge in [0.1, 0.15) is 0 Å². The second-order valence-electron chi connectivity index (χ2n) is 6.12. The molecule has 1 saturated heterocycles. The lowest BCUT2D eigenvalue weighted by Crippen LogP contribution is -2.56. The van der Waals surface area contributed by atoms with Crippen LogP contribution < -0.4 is 15.5 Å². The lowest BCUT2D eigenvalue weighted by molar-refractivity contribution is -0.00603. The van der Waals surface area contributed by atoms with Crippen molar-refractivity contribution >= 4 is 21.8 Å². The molecular formula is C16H21BrN2O4. The summed E-state index contributed by atoms with van der Waals surface area (Å²) in [6.07, 6.45) is 5.32. The molecule has 126 valence electrons. The number of halogens is 1. The van der Waals surface area contributed by atoms with Gasteiger partial charge in [0.2, 0.25) is 5.43 Å². The maximum absolute atomic E-state index is 12.5. The predicted molar refractivity (Wildman–Crippen MR) is 89.2 cm³/mol. The van der Waals surface area contributed by atoms with E-state index >= 15 is 0 Å². The number of nitrogens with one attached hydrogen (secondary N) is 1. The van der Waals surface area contributed by atoms with Crippen molar-refractivity contribution in [2.75, 3.05) is 26.4 Å². The van der Waals surface area contributed by atoms with E-state index in [1.54, 1.807) is 6.20 Å². The van der Waals surface area contributed by atoms with Crippen molar-refractivity contribution < 1.29 is 14.3 Å². The van der Waals surface area contributed by atoms with Crippen molar-refractivity contribution in [2.45, 2.75) is 38.1 Å². The maximum atomic E-state index is 12.5. The monoisotopic (exact) mass is 384 g/mol. The number of amides is 1. The molecule has 2 aliphatic rings. The zero-order valence-electron chi connectivity index (χ0n) is 13.2. The number of nitrogens with zero attached hydrogens (tertiary/aromatic N) is 1. The van der Waals surface area contributed by atoms with Crippen molar-refractivity contribution in [1.82, 2.24) is 9.88 Å². The molecule has 2 aliphatic heterocycles. The first-order valence-corrected chi connectivity index (χ1v) is 8.83. The molecule has 3 rings (SSSR count). The smallest absolute Gasteiger partial charge is 0.272 e. The van der Waals surface area contributed by atoms with Gasteiger partial charge in [-0.15, -0.1) is 0 Å². The quantitative estimate of drug-likeness (QED) is 0.806. The van der Waals surface area contributed by atoms with Crippen molar-refractivity contribution in [3.8, 4) is 5.75 Å². The van der Waals surface area contributed by atoms with Gasteiger partial charge in [-0.05, 0) is 35.2 Å². The number of fused-ring (bicyclic) bond motifs is 2. The van der Waals surface area contributed by atoms with Gasteiger partial charge < -0.3 is 19.4 Å². The van der Waals surface area contributed by atoms with Crippen molar-refractivity contribution in [1.29, 1.82) is 0 Å². The van der Waals surface area contributed by atoms with Crippen LogP contribution >= 0.6 is 15.9 Å². The van der Waals surface area contributed by atoms with Crippen LogP contribution in [0.5, 0.6) is 5.75 Å². The maximum Gasteiger partial charge on any atom is 0.272 e. The summed E-state index contributed by atoms with van der Waals surface area (Å²) in [4.78, 5) is 24.9. The van der Waals surface area contributed by atoms with E-state index in [9.17, 15) is 9.59 Å². The van der Waals surface area contributed by atoms with Crippen molar-refractivity contribution in [2.24, 2.45) is 0 Å². The summed E-state index contributed by atoms with van der Waals surface area (Å²) in [6, 6.07) is 0. The molecular weight excluding hydrogens is 364 g/mol. The number of hydrogen-bond donors (Lipinski definition) is 1. The predicted octanol–water partition coefficient (Wildman–Crippen LogP) is 2.04. The van der Waals surface area contributed by atoms with Crippen LogP contribution in [-0.2, 0) is 10.3 Å². The Kier molecular flexibility index (Phi) is 4.77. The van der Waals surface area contributed by atoms with E-state index in [4.69, 9.17) is 9.47 Å². The number of carbonyl (C=O) groups is 1. The average Bonchev–Trinajstić information content (AvgIpc) is 2.56. The Hall–Kier alpha value is -1.34. The molecule has 7 heteroatoms. The van der Waals surface area contributed by atoms with Gasteiger partial charge in [0.25, 0.3) is 5.91 Å². The molecule has 0 aromatic carbocycles. The van der Waals surface area contributed by atoms with Gasteiger partial charge in [0.15, 0.2) is 11.4 Å². The second kappa shape index (κ2) is 6.65. The molecule has 1 fully saturated rings. The van der Waals surface area contributed by atoms with Crippen LogP contribution in [-0.4, -0.2) is 36.8 Å². The third kappa shape index (κ3) is 2.92. The largest absolute Gasteiger partial charge is 0.487 e. The Morgan fingerprint density at radius 1 is 1.48 bits per heavy atom. The first-order valence-electron chi connectivity index (χ1n) is 8.03. The minimum Gasteiger partial charge on any atom is -0.487 e. The highest BCUT2D eigenvalue weighted by Crippen LogP contribution is 2.34. The number of hydrogen-bond acceptors (Lipinski definition) is 4. The van der Waals surface area contributed by atoms with Crippen LogP contribution in [0.25, 0.3) is 0 Å². The fraction of sp³-hybridized carbons (Fsp3) is 0.625. The normalized spacial score (nSPS) is 23.5. The molecule has 0 aliphatic carbocycles. The van der Waals surface area contributed by atoms with Crippen LogP contribution in [0.15, 0.2) is 15.5 Å². The van der Waals surface area contributed by atoms with Gasteiger partial charge in [0, 0.05) is 19.3 Å². The Balaban J connectivity index is 2.11. The third-order valence-electron chi connectivity index (χ3n) is 4.47. The molecule has 3 heterocycles. The topological polar surface area (TPSA) is 69.6 Å². The highest BCUT2D eigenvalue weighted by molar-refractivity contribution is 9.10. The minimum absolute atomic E-state index is 0.134. The molecule has 1 aromatic rings. The van der Waals surface area contributed by atoms with Gasteiger partial charge in [0.05, 0.1) is 23.2 Å². The summed E-state index contributed by atoms with van der Waals surface area (Å²) in [6.45, 7) is 4.22. The fourth-order valence-corrected chi connectivity index (χ4v) is 3.57. The number of pyridine rings is 1. The summed E-state index contributed by atoms with van der Waals surface area (Å²) in [5, 5.41) is 2.90. The van der Waals surface area contributed by atoms with Gasteiger partial charge in [-0.2, -0.15) is 0 Å². The fourth-order valence-electron chi connectivity index (χ4n) is 3.18. The van der Waals surface area contributed by atoms with Gasteiger partial charge >= 0.3 is 0 Å². The summed E-state index contributed by atoms with van der Waals surface area (Å²) in [5.41, 5.74) is -0.317. The molecule has 1 aromatic heterocycles. The van der Waals surface area contributed by atoms with Crippen LogP contribution in [0, 0.1) is 0 Å². The number of unbranched alkanes of at least 4 members (excludes halogenated alkanes) is 1. The molecule has 1 amide bonds. The first kappa shape index (κ1) is 16.5. The first-order chi connectivity index (χ1) is 11.1. The average molecular weight is 385 g/mol. The molecule has 0 radical (unpaired) electrons. The van der Waals surface area contributed by atoms with E-state index in [1.165, 1.54) is 0 Å². The van der Waals surface area contributed by atoms with E-state index < -0.39 is 0 Å². The summed E-state index contributed by atoms with van der Waals surface area (Å²) < 4.78 is 13.6. The molecule has 6 nitrogen and oxygen atoms in total. The Bertz CT molecular complexity index is 665. The highest BCUT2D eigenvalue weighted by atomic mass is 79.9. The second-order valence-corrected chi connectivity index (χ2v) is 6.97. The molecule has 1 atom stereocenters. The number of ether oxygens (including phenoxy) is 2. The number of carbonyl (C=O) groups excluding carboxylic acids is 1. The van der Waals surface area contributed by atoms with Crippen molar-refractivity contribution in [3.05, 3.63) is 26.6 Å². The molecule has 1 unspecified atom stereocenters. The van der Waals surface area contributed by atoms with Crippen LogP contribution in [0.1, 0.15) is 43.1 Å². The summed E-state index contributed by atoms with van der Waals surface area (Å²) in [5.74, 6) is -0.132. The summed E-state index contributed by atoms with van der Waals surface area (Å²) in [7, 11) is 0. The highest BCUT2D eigenvalue weighted by Gasteiger charge is 2.42. The molecule has 0 bridgehead atoms. The Morgan fingerprint density at radius 3 is 3.00 bits per heavy atom. The Labute approximate surface area is 143 Å². The van der Waals surface area contributed by atoms with Crippen LogP contribution in [0.4, 0.5) is 0 Å². The van der Waals surface area contributed by atoms with E-state index in [-0.39, 0.29) is 22.6 Å². The third-order valence-corrected chi connectivity index (χ3v) is 5.04. The van der Waals surface area contributed by atoms with Crippen LogP contribution in [0.2, 0.25) is 0 Å². The minimum atomic E-state index is -0.347. The van der Waals surface area contributed by atoms with E-state index in [2.05, 4.69) is 21.2 Å². The lowest BCUT2D eigenvalue weighted by atomic mass is 9.89. The van der Waals surface area contributed by atoms with Crippen LogP contribution in [0.3, 0.4) is 0 Å². The SMILES string of the molecule is CCCCOc1c2n(cc(Br)c1=O)C1(CCCOC1)CNC2=O. The molecule has 0 saturated carbocycles. The number of rotatable bonds is 4. The molecule has 23 heavy (non-hydrogen) atoms. The summed E-state index contributed by atoms with van der Waals surface area (Å²) >= 11 is 3.32. The van der Waals surface area contributed by atoms with Gasteiger partial charge in [-0.1, -0.05) is 13.3 Å². The Morgan fingerprint density at radius 2 is 2.30 bits per heavy atom. The van der Waals surface area contributed by atoms with Gasteiger partial charge in [-0.3, -0.25) is 9.59 Å². The number of aromatic nitrogens is 1. The molecule has 1 spiro atoms. The van der Waals surface area contributed by atoms with E-state index in [0.29, 0.717) is 29.9 Å². The van der Waals surface area contributed by atoms with Crippen molar-refractivity contribution in [3.63, 3.8) is 0 Å². The van der Waals surface area contributed by atoms with Gasteiger partial charge in [-0.25, -0.2) is 0 Å². The molecule has 1 N–H and O–H groups in total. The van der Waals surface area contributed by atoms with E-state index in [0.717, 1.165) is 32.3 Å². The van der Waals surface area contributed by atoms with E-state index in [1.807, 2.05) is 11.5 Å². The lowest BCUT2D eigenvalue weighted by Gasteiger charge is -2.43. The standard InChI is InChI=1S/C16H21BrN2O4/c1-2-3-7-23-14-12-15(21)18-9-16(5-4-6-22-10-16)19(12)8-11(17)13(14)20/h8H,2-7,9-10H2,1H3,(H,18,21). The zero-order chi connectivity index (χ0) is 16.4.